The summed E-state index contributed by atoms with van der Waals surface area (Å²) in [4.78, 5) is 4.10. The highest BCUT2D eigenvalue weighted by atomic mass is 15.3. The number of nitrogens with one attached hydrogen (secondary N) is 1. The normalized spacial score (nSPS) is 10.8. The molecule has 0 bridgehead atoms. The number of nitrogens with zero attached hydrogens (tertiary/aromatic N) is 3. The number of nitrogen functional groups attached to an aromatic ring is 1. The van der Waals surface area contributed by atoms with E-state index in [0.29, 0.717) is 0 Å². The first-order valence-electron chi connectivity index (χ1n) is 6.04. The number of fused-ring (bicyclic) bond motifs is 1. The first-order valence-corrected chi connectivity index (χ1v) is 6.04. The number of anilines is 3. The summed E-state index contributed by atoms with van der Waals surface area (Å²) < 4.78 is 1.78. The van der Waals surface area contributed by atoms with E-state index >= 15 is 0 Å². The van der Waals surface area contributed by atoms with E-state index in [2.05, 4.69) is 15.4 Å². The van der Waals surface area contributed by atoms with Crippen molar-refractivity contribution in [1.29, 1.82) is 0 Å². The van der Waals surface area contributed by atoms with Crippen molar-refractivity contribution in [3.8, 4) is 0 Å². The Labute approximate surface area is 111 Å². The summed E-state index contributed by atoms with van der Waals surface area (Å²) in [5.74, 6) is 0. The standard InChI is InChI=1S/C14H15N5/c1-9-13(8-19(2)18-9)17-12-4-3-10-7-16-6-5-11(10)14(12)15/h3-8,17H,15H2,1-2H3. The fourth-order valence-electron chi connectivity index (χ4n) is 2.17. The molecule has 19 heavy (non-hydrogen) atoms. The summed E-state index contributed by atoms with van der Waals surface area (Å²) in [6.45, 7) is 1.96. The molecule has 5 heteroatoms. The smallest absolute Gasteiger partial charge is 0.0828 e. The van der Waals surface area contributed by atoms with E-state index in [0.717, 1.165) is 33.5 Å². The van der Waals surface area contributed by atoms with Gasteiger partial charge in [0.15, 0.2) is 0 Å². The Hall–Kier alpha value is -2.56. The summed E-state index contributed by atoms with van der Waals surface area (Å²) in [5, 5.41) is 9.66. The molecule has 0 unspecified atom stereocenters. The van der Waals surface area contributed by atoms with Crippen LogP contribution in [0.5, 0.6) is 0 Å². The monoisotopic (exact) mass is 253 g/mol. The largest absolute Gasteiger partial charge is 0.397 e. The third-order valence-corrected chi connectivity index (χ3v) is 3.14. The predicted octanol–water partition coefficient (Wildman–Crippen LogP) is 2.60. The van der Waals surface area contributed by atoms with E-state index < -0.39 is 0 Å². The highest BCUT2D eigenvalue weighted by molar-refractivity contribution is 5.99. The number of nitrogens with two attached hydrogens (primary N) is 1. The van der Waals surface area contributed by atoms with Gasteiger partial charge in [0.2, 0.25) is 0 Å². The Morgan fingerprint density at radius 1 is 1.21 bits per heavy atom. The lowest BCUT2D eigenvalue weighted by atomic mass is 10.1. The molecular formula is C14H15N5. The molecule has 96 valence electrons. The number of aromatic nitrogens is 3. The van der Waals surface area contributed by atoms with Gasteiger partial charge in [-0.2, -0.15) is 5.10 Å². The lowest BCUT2D eigenvalue weighted by Gasteiger charge is -2.10. The predicted molar refractivity (Wildman–Crippen MR) is 77.4 cm³/mol. The van der Waals surface area contributed by atoms with Crippen LogP contribution in [-0.4, -0.2) is 14.8 Å². The van der Waals surface area contributed by atoms with Crippen molar-refractivity contribution >= 4 is 27.8 Å². The number of pyridine rings is 1. The Bertz CT molecular complexity index is 745. The van der Waals surface area contributed by atoms with E-state index in [-0.39, 0.29) is 0 Å². The molecule has 0 aliphatic heterocycles. The zero-order valence-corrected chi connectivity index (χ0v) is 10.9. The second kappa shape index (κ2) is 4.28. The van der Waals surface area contributed by atoms with Crippen molar-refractivity contribution in [2.75, 3.05) is 11.1 Å². The molecule has 0 saturated carbocycles. The maximum Gasteiger partial charge on any atom is 0.0828 e. The molecule has 3 N–H and O–H groups in total. The zero-order chi connectivity index (χ0) is 13.4. The van der Waals surface area contributed by atoms with Crippen LogP contribution < -0.4 is 11.1 Å². The fourth-order valence-corrected chi connectivity index (χ4v) is 2.17. The number of hydrogen-bond donors (Lipinski definition) is 2. The number of hydrogen-bond acceptors (Lipinski definition) is 4. The Morgan fingerprint density at radius 3 is 2.79 bits per heavy atom. The van der Waals surface area contributed by atoms with Gasteiger partial charge in [0.05, 0.1) is 22.8 Å². The van der Waals surface area contributed by atoms with Gasteiger partial charge in [0.25, 0.3) is 0 Å². The van der Waals surface area contributed by atoms with Crippen LogP contribution in [0.2, 0.25) is 0 Å². The van der Waals surface area contributed by atoms with Crippen LogP contribution in [0.1, 0.15) is 5.69 Å². The zero-order valence-electron chi connectivity index (χ0n) is 10.9. The van der Waals surface area contributed by atoms with Crippen LogP contribution in [-0.2, 0) is 7.05 Å². The van der Waals surface area contributed by atoms with Gasteiger partial charge in [-0.1, -0.05) is 6.07 Å². The molecule has 5 nitrogen and oxygen atoms in total. The van der Waals surface area contributed by atoms with Crippen LogP contribution in [0, 0.1) is 6.92 Å². The van der Waals surface area contributed by atoms with E-state index in [1.165, 1.54) is 0 Å². The van der Waals surface area contributed by atoms with Crippen molar-refractivity contribution in [2.45, 2.75) is 6.92 Å². The molecule has 2 heterocycles. The average Bonchev–Trinajstić information content (AvgIpc) is 2.72. The van der Waals surface area contributed by atoms with Gasteiger partial charge in [-0.3, -0.25) is 9.67 Å². The molecule has 0 amide bonds. The summed E-state index contributed by atoms with van der Waals surface area (Å²) in [6, 6.07) is 5.89. The Balaban J connectivity index is 2.06. The quantitative estimate of drug-likeness (QED) is 0.689. The van der Waals surface area contributed by atoms with Crippen molar-refractivity contribution < 1.29 is 0 Å². The van der Waals surface area contributed by atoms with E-state index in [9.17, 15) is 0 Å². The lowest BCUT2D eigenvalue weighted by molar-refractivity contribution is 0.756. The molecule has 0 saturated heterocycles. The van der Waals surface area contributed by atoms with E-state index in [1.54, 1.807) is 10.9 Å². The van der Waals surface area contributed by atoms with Gasteiger partial charge >= 0.3 is 0 Å². The molecule has 1 aromatic carbocycles. The minimum absolute atomic E-state index is 0.725. The minimum Gasteiger partial charge on any atom is -0.397 e. The van der Waals surface area contributed by atoms with Crippen LogP contribution in [0.15, 0.2) is 36.8 Å². The van der Waals surface area contributed by atoms with Gasteiger partial charge in [-0.15, -0.1) is 0 Å². The van der Waals surface area contributed by atoms with Crippen LogP contribution in [0.3, 0.4) is 0 Å². The minimum atomic E-state index is 0.725. The van der Waals surface area contributed by atoms with Crippen molar-refractivity contribution in [1.82, 2.24) is 14.8 Å². The first-order chi connectivity index (χ1) is 9.15. The molecular weight excluding hydrogens is 238 g/mol. The number of benzene rings is 1. The van der Waals surface area contributed by atoms with Crippen LogP contribution in [0.25, 0.3) is 10.8 Å². The summed E-state index contributed by atoms with van der Waals surface area (Å²) in [6.07, 6.45) is 5.49. The van der Waals surface area contributed by atoms with Gasteiger partial charge in [0, 0.05) is 36.4 Å². The molecule has 0 radical (unpaired) electrons. The van der Waals surface area contributed by atoms with Crippen molar-refractivity contribution in [2.24, 2.45) is 7.05 Å². The molecule has 0 spiro atoms. The van der Waals surface area contributed by atoms with Crippen LogP contribution in [0.4, 0.5) is 17.1 Å². The third-order valence-electron chi connectivity index (χ3n) is 3.14. The highest BCUT2D eigenvalue weighted by Crippen LogP contribution is 2.30. The summed E-state index contributed by atoms with van der Waals surface area (Å²) in [5.41, 5.74) is 9.72. The van der Waals surface area contributed by atoms with Crippen molar-refractivity contribution in [3.63, 3.8) is 0 Å². The summed E-state index contributed by atoms with van der Waals surface area (Å²) >= 11 is 0. The number of rotatable bonds is 2. The summed E-state index contributed by atoms with van der Waals surface area (Å²) in [7, 11) is 1.90. The second-order valence-corrected chi connectivity index (χ2v) is 4.55. The molecule has 3 aromatic rings. The third kappa shape index (κ3) is 1.99. The molecule has 2 aromatic heterocycles. The molecule has 3 rings (SSSR count). The van der Waals surface area contributed by atoms with Gasteiger partial charge in [-0.05, 0) is 19.1 Å². The highest BCUT2D eigenvalue weighted by Gasteiger charge is 2.08. The van der Waals surface area contributed by atoms with Gasteiger partial charge in [-0.25, -0.2) is 0 Å². The lowest BCUT2D eigenvalue weighted by Crippen LogP contribution is -1.97. The maximum atomic E-state index is 6.21. The van der Waals surface area contributed by atoms with E-state index in [1.807, 2.05) is 44.6 Å². The van der Waals surface area contributed by atoms with Gasteiger partial charge < -0.3 is 11.1 Å². The Kier molecular flexibility index (Phi) is 2.59. The number of aryl methyl sites for hydroxylation is 2. The Morgan fingerprint density at radius 2 is 2.05 bits per heavy atom. The molecule has 0 aliphatic carbocycles. The average molecular weight is 253 g/mol. The molecule has 0 aliphatic rings. The second-order valence-electron chi connectivity index (χ2n) is 4.55. The van der Waals surface area contributed by atoms with Crippen molar-refractivity contribution in [3.05, 3.63) is 42.5 Å². The SMILES string of the molecule is Cc1nn(C)cc1Nc1ccc2cnccc2c1N. The molecule has 0 atom stereocenters. The fraction of sp³-hybridized carbons (Fsp3) is 0.143. The van der Waals surface area contributed by atoms with Gasteiger partial charge in [0.1, 0.15) is 0 Å². The van der Waals surface area contributed by atoms with E-state index in [4.69, 9.17) is 5.73 Å². The van der Waals surface area contributed by atoms with Crippen LogP contribution >= 0.6 is 0 Å². The topological polar surface area (TPSA) is 68.8 Å². The first kappa shape index (κ1) is 11.5. The maximum absolute atomic E-state index is 6.21. The molecule has 0 fully saturated rings.